The van der Waals surface area contributed by atoms with Crippen LogP contribution in [-0.2, 0) is 6.54 Å². The van der Waals surface area contributed by atoms with Crippen LogP contribution in [0.25, 0.3) is 0 Å². The zero-order valence-electron chi connectivity index (χ0n) is 9.95. The monoisotopic (exact) mass is 283 g/mol. The molecule has 0 aliphatic carbocycles. The van der Waals surface area contributed by atoms with Gasteiger partial charge < -0.3 is 5.32 Å². The van der Waals surface area contributed by atoms with Gasteiger partial charge in [-0.15, -0.1) is 0 Å². The van der Waals surface area contributed by atoms with E-state index in [1.165, 1.54) is 12.1 Å². The third kappa shape index (κ3) is 4.21. The Bertz CT molecular complexity index is 546. The minimum absolute atomic E-state index is 0.311. The summed E-state index contributed by atoms with van der Waals surface area (Å²) in [5.41, 5.74) is 1.38. The Kier molecular flexibility index (Phi) is 4.74. The highest BCUT2D eigenvalue weighted by molar-refractivity contribution is 7.99. The molecule has 0 saturated carbocycles. The van der Waals surface area contributed by atoms with Gasteiger partial charge in [0, 0.05) is 17.1 Å². The number of hydrogen-bond donors (Lipinski definition) is 1. The van der Waals surface area contributed by atoms with Crippen LogP contribution in [0.5, 0.6) is 0 Å². The quantitative estimate of drug-likeness (QED) is 0.794. The number of para-hydroxylation sites is 1. The van der Waals surface area contributed by atoms with Crippen LogP contribution in [0.3, 0.4) is 0 Å². The first-order valence-electron chi connectivity index (χ1n) is 5.67. The van der Waals surface area contributed by atoms with E-state index in [0.717, 1.165) is 5.56 Å². The van der Waals surface area contributed by atoms with Crippen molar-refractivity contribution in [2.75, 3.05) is 5.32 Å². The van der Waals surface area contributed by atoms with E-state index in [1.807, 2.05) is 0 Å². The van der Waals surface area contributed by atoms with Crippen LogP contribution in [0, 0.1) is 5.82 Å². The number of rotatable bonds is 5. The van der Waals surface area contributed by atoms with Gasteiger partial charge in [-0.2, -0.15) is 8.78 Å². The van der Waals surface area contributed by atoms with Gasteiger partial charge in [0.1, 0.15) is 5.82 Å². The summed E-state index contributed by atoms with van der Waals surface area (Å²) >= 11 is 0.493. The van der Waals surface area contributed by atoms with Crippen molar-refractivity contribution < 1.29 is 13.2 Å². The van der Waals surface area contributed by atoms with Gasteiger partial charge in [0.2, 0.25) is 0 Å². The Morgan fingerprint density at radius 1 is 1.05 bits per heavy atom. The lowest BCUT2D eigenvalue weighted by molar-refractivity contribution is 0.252. The molecular formula is C14H12F3NS. The van der Waals surface area contributed by atoms with Crippen LogP contribution >= 0.6 is 11.8 Å². The molecule has 1 nitrogen and oxygen atoms in total. The highest BCUT2D eigenvalue weighted by Crippen LogP contribution is 2.31. The zero-order valence-corrected chi connectivity index (χ0v) is 10.8. The maximum atomic E-state index is 13.0. The Morgan fingerprint density at radius 3 is 2.58 bits per heavy atom. The first-order chi connectivity index (χ1) is 9.15. The minimum Gasteiger partial charge on any atom is -0.380 e. The molecule has 0 atom stereocenters. The van der Waals surface area contributed by atoms with Crippen LogP contribution in [0.1, 0.15) is 5.56 Å². The molecule has 0 unspecified atom stereocenters. The summed E-state index contributed by atoms with van der Waals surface area (Å²) in [5.74, 6) is -2.77. The Hall–Kier alpha value is -1.62. The largest absolute Gasteiger partial charge is 0.380 e. The van der Waals surface area contributed by atoms with Crippen LogP contribution in [0.4, 0.5) is 18.9 Å². The van der Waals surface area contributed by atoms with Crippen molar-refractivity contribution in [3.8, 4) is 0 Å². The SMILES string of the molecule is Fc1cccc(CNc2ccccc2SC(F)F)c1. The van der Waals surface area contributed by atoms with Gasteiger partial charge in [0.15, 0.2) is 0 Å². The Balaban J connectivity index is 2.07. The number of anilines is 1. The Morgan fingerprint density at radius 2 is 1.84 bits per heavy atom. The fourth-order valence-corrected chi connectivity index (χ4v) is 2.27. The molecule has 0 bridgehead atoms. The maximum Gasteiger partial charge on any atom is 0.288 e. The van der Waals surface area contributed by atoms with Gasteiger partial charge in [-0.1, -0.05) is 36.0 Å². The molecular weight excluding hydrogens is 271 g/mol. The van der Waals surface area contributed by atoms with Crippen molar-refractivity contribution in [2.24, 2.45) is 0 Å². The molecule has 2 aromatic carbocycles. The van der Waals surface area contributed by atoms with E-state index < -0.39 is 5.76 Å². The normalized spacial score (nSPS) is 10.7. The predicted molar refractivity (Wildman–Crippen MR) is 72.0 cm³/mol. The highest BCUT2D eigenvalue weighted by Gasteiger charge is 2.09. The van der Waals surface area contributed by atoms with Gasteiger partial charge in [-0.05, 0) is 29.8 Å². The summed E-state index contributed by atoms with van der Waals surface area (Å²) in [4.78, 5) is 0.480. The van der Waals surface area contributed by atoms with E-state index in [1.54, 1.807) is 36.4 Å². The molecule has 0 aliphatic heterocycles. The highest BCUT2D eigenvalue weighted by atomic mass is 32.2. The molecule has 2 rings (SSSR count). The van der Waals surface area contributed by atoms with Crippen molar-refractivity contribution in [1.29, 1.82) is 0 Å². The molecule has 2 aromatic rings. The average Bonchev–Trinajstić information content (AvgIpc) is 2.37. The number of benzene rings is 2. The lowest BCUT2D eigenvalue weighted by atomic mass is 10.2. The van der Waals surface area contributed by atoms with E-state index in [0.29, 0.717) is 28.9 Å². The number of nitrogens with one attached hydrogen (secondary N) is 1. The minimum atomic E-state index is -2.46. The van der Waals surface area contributed by atoms with E-state index >= 15 is 0 Å². The third-order valence-electron chi connectivity index (χ3n) is 2.48. The van der Waals surface area contributed by atoms with Crippen LogP contribution in [0.2, 0.25) is 0 Å². The maximum absolute atomic E-state index is 13.0. The molecule has 0 aromatic heterocycles. The number of thioether (sulfide) groups is 1. The molecule has 1 N–H and O–H groups in total. The third-order valence-corrected chi connectivity index (χ3v) is 3.26. The van der Waals surface area contributed by atoms with Crippen molar-refractivity contribution >= 4 is 17.4 Å². The van der Waals surface area contributed by atoms with Crippen molar-refractivity contribution in [3.05, 3.63) is 59.9 Å². The topological polar surface area (TPSA) is 12.0 Å². The molecule has 0 heterocycles. The number of hydrogen-bond acceptors (Lipinski definition) is 2. The molecule has 5 heteroatoms. The molecule has 0 saturated heterocycles. The van der Waals surface area contributed by atoms with Gasteiger partial charge in [-0.3, -0.25) is 0 Å². The lowest BCUT2D eigenvalue weighted by Gasteiger charge is -2.11. The van der Waals surface area contributed by atoms with Crippen molar-refractivity contribution in [2.45, 2.75) is 17.2 Å². The summed E-state index contributed by atoms with van der Waals surface area (Å²) in [7, 11) is 0. The van der Waals surface area contributed by atoms with E-state index in [4.69, 9.17) is 0 Å². The summed E-state index contributed by atoms with van der Waals surface area (Å²) in [6.07, 6.45) is 0. The first-order valence-corrected chi connectivity index (χ1v) is 6.55. The molecule has 0 spiro atoms. The molecule has 0 radical (unpaired) electrons. The number of alkyl halides is 2. The second-order valence-corrected chi connectivity index (χ2v) is 4.89. The van der Waals surface area contributed by atoms with Gasteiger partial charge in [-0.25, -0.2) is 4.39 Å². The lowest BCUT2D eigenvalue weighted by Crippen LogP contribution is -2.01. The molecule has 19 heavy (non-hydrogen) atoms. The van der Waals surface area contributed by atoms with Crippen LogP contribution < -0.4 is 5.32 Å². The molecule has 100 valence electrons. The summed E-state index contributed by atoms with van der Waals surface area (Å²) in [6, 6.07) is 13.0. The van der Waals surface area contributed by atoms with Gasteiger partial charge in [0.25, 0.3) is 5.76 Å². The summed E-state index contributed by atoms with van der Waals surface area (Å²) in [6.45, 7) is 0.387. The molecule has 0 amide bonds. The fraction of sp³-hybridized carbons (Fsp3) is 0.143. The van der Waals surface area contributed by atoms with E-state index in [2.05, 4.69) is 5.32 Å². The zero-order chi connectivity index (χ0) is 13.7. The summed E-state index contributed by atoms with van der Waals surface area (Å²) in [5, 5.41) is 3.04. The predicted octanol–water partition coefficient (Wildman–Crippen LogP) is 4.75. The Labute approximate surface area is 113 Å². The van der Waals surface area contributed by atoms with E-state index in [9.17, 15) is 13.2 Å². The second-order valence-electron chi connectivity index (χ2n) is 3.86. The molecule has 0 aliphatic rings. The van der Waals surface area contributed by atoms with Crippen LogP contribution in [0.15, 0.2) is 53.4 Å². The van der Waals surface area contributed by atoms with E-state index in [-0.39, 0.29) is 5.82 Å². The fourth-order valence-electron chi connectivity index (χ4n) is 1.66. The number of halogens is 3. The van der Waals surface area contributed by atoms with Gasteiger partial charge in [0.05, 0.1) is 0 Å². The standard InChI is InChI=1S/C14H12F3NS/c15-11-5-3-4-10(8-11)9-18-12-6-1-2-7-13(12)19-14(16)17/h1-8,14,18H,9H2. The van der Waals surface area contributed by atoms with Crippen molar-refractivity contribution in [1.82, 2.24) is 0 Å². The van der Waals surface area contributed by atoms with Crippen LogP contribution in [-0.4, -0.2) is 5.76 Å². The first kappa shape index (κ1) is 13.8. The average molecular weight is 283 g/mol. The summed E-state index contributed by atoms with van der Waals surface area (Å²) < 4.78 is 37.8. The van der Waals surface area contributed by atoms with Crippen molar-refractivity contribution in [3.63, 3.8) is 0 Å². The molecule has 0 fully saturated rings. The second kappa shape index (κ2) is 6.52. The smallest absolute Gasteiger partial charge is 0.288 e. The van der Waals surface area contributed by atoms with Gasteiger partial charge >= 0.3 is 0 Å².